The van der Waals surface area contributed by atoms with Crippen molar-refractivity contribution in [2.24, 2.45) is 0 Å². The van der Waals surface area contributed by atoms with Crippen molar-refractivity contribution < 1.29 is 14.3 Å². The lowest BCUT2D eigenvalue weighted by molar-refractivity contribution is -0.143. The molecule has 0 N–H and O–H groups in total. The highest BCUT2D eigenvalue weighted by atomic mass is 35.5. The number of hydrogen-bond donors (Lipinski definition) is 0. The van der Waals surface area contributed by atoms with Crippen molar-refractivity contribution in [3.05, 3.63) is 69.7 Å². The third kappa shape index (κ3) is 5.76. The lowest BCUT2D eigenvalue weighted by atomic mass is 10.1. The molecule has 0 aliphatic rings. The summed E-state index contributed by atoms with van der Waals surface area (Å²) in [4.78, 5) is 26.1. The minimum absolute atomic E-state index is 0.123. The van der Waals surface area contributed by atoms with Crippen molar-refractivity contribution in [1.82, 2.24) is 4.90 Å². The Balaban J connectivity index is 2.18. The van der Waals surface area contributed by atoms with E-state index in [0.29, 0.717) is 28.8 Å². The van der Waals surface area contributed by atoms with Crippen LogP contribution in [0.2, 0.25) is 10.0 Å². The third-order valence-corrected chi connectivity index (χ3v) is 4.21. The van der Waals surface area contributed by atoms with Gasteiger partial charge in [0.1, 0.15) is 0 Å². The first-order valence-electron chi connectivity index (χ1n) is 7.95. The van der Waals surface area contributed by atoms with Crippen LogP contribution < -0.4 is 0 Å². The molecule has 0 spiro atoms. The summed E-state index contributed by atoms with van der Waals surface area (Å²) in [5, 5.41) is 1.13. The van der Waals surface area contributed by atoms with E-state index in [4.69, 9.17) is 27.9 Å². The zero-order chi connectivity index (χ0) is 18.2. The van der Waals surface area contributed by atoms with Gasteiger partial charge in [-0.3, -0.25) is 9.59 Å². The summed E-state index contributed by atoms with van der Waals surface area (Å²) >= 11 is 12.1. The van der Waals surface area contributed by atoms with Crippen LogP contribution in [0.5, 0.6) is 0 Å². The quantitative estimate of drug-likeness (QED) is 0.660. The monoisotopic (exact) mass is 379 g/mol. The smallest absolute Gasteiger partial charge is 0.307 e. The van der Waals surface area contributed by atoms with E-state index in [-0.39, 0.29) is 24.8 Å². The van der Waals surface area contributed by atoms with Gasteiger partial charge in [-0.05, 0) is 42.8 Å². The van der Waals surface area contributed by atoms with Crippen LogP contribution in [0.1, 0.15) is 29.3 Å². The van der Waals surface area contributed by atoms with Crippen LogP contribution in [0.15, 0.2) is 48.5 Å². The van der Waals surface area contributed by atoms with Crippen LogP contribution >= 0.6 is 23.2 Å². The van der Waals surface area contributed by atoms with Crippen LogP contribution in [0.4, 0.5) is 0 Å². The van der Waals surface area contributed by atoms with Crippen LogP contribution in [0.3, 0.4) is 0 Å². The molecule has 2 aromatic carbocycles. The summed E-state index contributed by atoms with van der Waals surface area (Å²) < 4.78 is 4.95. The lowest BCUT2D eigenvalue weighted by Crippen LogP contribution is -2.33. The maximum absolute atomic E-state index is 12.8. The van der Waals surface area contributed by atoms with Crippen LogP contribution in [0, 0.1) is 0 Å². The highest BCUT2D eigenvalue weighted by Crippen LogP contribution is 2.19. The van der Waals surface area contributed by atoms with Gasteiger partial charge in [0.05, 0.1) is 13.0 Å². The molecule has 1 amide bonds. The Labute approximate surface area is 157 Å². The average Bonchev–Trinajstić information content (AvgIpc) is 2.60. The number of esters is 1. The molecule has 0 aromatic heterocycles. The summed E-state index contributed by atoms with van der Waals surface area (Å²) in [6.07, 6.45) is 0.123. The number of hydrogen-bond acceptors (Lipinski definition) is 3. The van der Waals surface area contributed by atoms with Gasteiger partial charge in [0.2, 0.25) is 0 Å². The molecular formula is C19H19Cl2NO3. The van der Waals surface area contributed by atoms with Crippen molar-refractivity contribution in [3.8, 4) is 0 Å². The number of ether oxygens (including phenoxy) is 1. The highest BCUT2D eigenvalue weighted by Gasteiger charge is 2.18. The van der Waals surface area contributed by atoms with Crippen LogP contribution in [0.25, 0.3) is 0 Å². The van der Waals surface area contributed by atoms with E-state index < -0.39 is 0 Å². The first kappa shape index (κ1) is 19.3. The lowest BCUT2D eigenvalue weighted by Gasteiger charge is -2.23. The standard InChI is InChI=1S/C19H19Cl2NO3/c1-2-25-18(23)11-12-22(13-15-5-3-4-6-17(15)21)19(24)14-7-9-16(20)10-8-14/h3-10H,2,11-13H2,1H3. The first-order chi connectivity index (χ1) is 12.0. The van der Waals surface area contributed by atoms with Gasteiger partial charge in [-0.1, -0.05) is 41.4 Å². The number of benzene rings is 2. The molecule has 0 fully saturated rings. The van der Waals surface area contributed by atoms with E-state index in [1.165, 1.54) is 0 Å². The van der Waals surface area contributed by atoms with E-state index in [1.807, 2.05) is 18.2 Å². The number of carbonyl (C=O) groups is 2. The Morgan fingerprint density at radius 3 is 2.36 bits per heavy atom. The Bertz CT molecular complexity index is 732. The van der Waals surface area contributed by atoms with Gasteiger partial charge in [0.15, 0.2) is 0 Å². The van der Waals surface area contributed by atoms with E-state index in [1.54, 1.807) is 42.2 Å². The molecule has 0 heterocycles. The van der Waals surface area contributed by atoms with Crippen molar-refractivity contribution in [2.75, 3.05) is 13.2 Å². The minimum Gasteiger partial charge on any atom is -0.466 e. The Morgan fingerprint density at radius 1 is 1.04 bits per heavy atom. The molecule has 0 radical (unpaired) electrons. The van der Waals surface area contributed by atoms with Crippen molar-refractivity contribution in [1.29, 1.82) is 0 Å². The summed E-state index contributed by atoms with van der Waals surface area (Å²) in [6, 6.07) is 14.0. The maximum atomic E-state index is 12.8. The van der Waals surface area contributed by atoms with Gasteiger partial charge in [0, 0.05) is 28.7 Å². The van der Waals surface area contributed by atoms with Crippen LogP contribution in [-0.2, 0) is 16.1 Å². The zero-order valence-corrected chi connectivity index (χ0v) is 15.4. The predicted molar refractivity (Wildman–Crippen MR) is 98.9 cm³/mol. The number of rotatable bonds is 7. The fourth-order valence-electron chi connectivity index (χ4n) is 2.32. The second-order valence-corrected chi connectivity index (χ2v) is 6.22. The van der Waals surface area contributed by atoms with E-state index >= 15 is 0 Å². The van der Waals surface area contributed by atoms with Crippen molar-refractivity contribution in [3.63, 3.8) is 0 Å². The Morgan fingerprint density at radius 2 is 1.72 bits per heavy atom. The Hall–Kier alpha value is -2.04. The van der Waals surface area contributed by atoms with Gasteiger partial charge in [-0.15, -0.1) is 0 Å². The van der Waals surface area contributed by atoms with Gasteiger partial charge in [-0.2, -0.15) is 0 Å². The largest absolute Gasteiger partial charge is 0.466 e. The summed E-state index contributed by atoms with van der Waals surface area (Å²) in [5.41, 5.74) is 1.32. The van der Waals surface area contributed by atoms with Crippen LogP contribution in [-0.4, -0.2) is 29.9 Å². The molecule has 0 aliphatic heterocycles. The van der Waals surface area contributed by atoms with Crippen molar-refractivity contribution in [2.45, 2.75) is 19.9 Å². The molecular weight excluding hydrogens is 361 g/mol. The molecule has 0 aliphatic carbocycles. The molecule has 132 valence electrons. The topological polar surface area (TPSA) is 46.6 Å². The number of nitrogens with zero attached hydrogens (tertiary/aromatic N) is 1. The average molecular weight is 380 g/mol. The molecule has 2 rings (SSSR count). The molecule has 2 aromatic rings. The number of amides is 1. The molecule has 25 heavy (non-hydrogen) atoms. The van der Waals surface area contributed by atoms with Gasteiger partial charge < -0.3 is 9.64 Å². The molecule has 0 bridgehead atoms. The summed E-state index contributed by atoms with van der Waals surface area (Å²) in [5.74, 6) is -0.531. The molecule has 0 saturated heterocycles. The van der Waals surface area contributed by atoms with E-state index in [9.17, 15) is 9.59 Å². The maximum Gasteiger partial charge on any atom is 0.307 e. The second kappa shape index (κ2) is 9.44. The molecule has 0 unspecified atom stereocenters. The fourth-order valence-corrected chi connectivity index (χ4v) is 2.64. The molecule has 4 nitrogen and oxygen atoms in total. The number of carbonyl (C=O) groups excluding carboxylic acids is 2. The minimum atomic E-state index is -0.337. The van der Waals surface area contributed by atoms with E-state index in [0.717, 1.165) is 5.56 Å². The normalized spacial score (nSPS) is 10.4. The highest BCUT2D eigenvalue weighted by molar-refractivity contribution is 6.31. The molecule has 0 atom stereocenters. The Kier molecular flexibility index (Phi) is 7.29. The fraction of sp³-hybridized carbons (Fsp3) is 0.263. The van der Waals surface area contributed by atoms with Gasteiger partial charge >= 0.3 is 5.97 Å². The number of halogens is 2. The molecule has 0 saturated carbocycles. The zero-order valence-electron chi connectivity index (χ0n) is 13.9. The molecule has 6 heteroatoms. The van der Waals surface area contributed by atoms with Gasteiger partial charge in [-0.25, -0.2) is 0 Å². The van der Waals surface area contributed by atoms with E-state index in [2.05, 4.69) is 0 Å². The summed E-state index contributed by atoms with van der Waals surface area (Å²) in [6.45, 7) is 2.61. The second-order valence-electron chi connectivity index (χ2n) is 5.38. The predicted octanol–water partition coefficient (Wildman–Crippen LogP) is 4.59. The summed E-state index contributed by atoms with van der Waals surface area (Å²) in [7, 11) is 0. The van der Waals surface area contributed by atoms with Crippen molar-refractivity contribution >= 4 is 35.1 Å². The van der Waals surface area contributed by atoms with Gasteiger partial charge in [0.25, 0.3) is 5.91 Å². The third-order valence-electron chi connectivity index (χ3n) is 3.59. The first-order valence-corrected chi connectivity index (χ1v) is 8.70. The SMILES string of the molecule is CCOC(=O)CCN(Cc1ccccc1Cl)C(=O)c1ccc(Cl)cc1.